The molecule has 0 unspecified atom stereocenters. The van der Waals surface area contributed by atoms with Gasteiger partial charge in [-0.15, -0.1) is 10.2 Å². The van der Waals surface area contributed by atoms with E-state index < -0.39 is 0 Å². The van der Waals surface area contributed by atoms with Crippen LogP contribution in [0.2, 0.25) is 0 Å². The van der Waals surface area contributed by atoms with Crippen LogP contribution in [0.3, 0.4) is 0 Å². The number of nitrogens with zero attached hydrogens (tertiary/aromatic N) is 6. The third kappa shape index (κ3) is 4.32. The van der Waals surface area contributed by atoms with Crippen molar-refractivity contribution >= 4 is 29.3 Å². The topological polar surface area (TPSA) is 80.9 Å². The minimum absolute atomic E-state index is 0.0784. The van der Waals surface area contributed by atoms with Gasteiger partial charge in [0, 0.05) is 20.1 Å². The van der Waals surface area contributed by atoms with E-state index in [2.05, 4.69) is 61.3 Å². The van der Waals surface area contributed by atoms with Gasteiger partial charge in [-0.05, 0) is 52.7 Å². The summed E-state index contributed by atoms with van der Waals surface area (Å²) >= 11 is 1.42. The second-order valence-corrected chi connectivity index (χ2v) is 9.37. The summed E-state index contributed by atoms with van der Waals surface area (Å²) in [7, 11) is 1.88. The molecule has 4 rings (SSSR count). The molecule has 1 aromatic carbocycles. The molecule has 3 heterocycles. The van der Waals surface area contributed by atoms with Crippen LogP contribution in [0.1, 0.15) is 36.7 Å². The fourth-order valence-electron chi connectivity index (χ4n) is 3.77. The van der Waals surface area contributed by atoms with E-state index in [1.54, 1.807) is 4.68 Å². The summed E-state index contributed by atoms with van der Waals surface area (Å²) in [6.45, 7) is 9.77. The van der Waals surface area contributed by atoms with Crippen LogP contribution < -0.4 is 10.2 Å². The van der Waals surface area contributed by atoms with Gasteiger partial charge in [-0.25, -0.2) is 0 Å². The van der Waals surface area contributed by atoms with Crippen LogP contribution in [-0.4, -0.2) is 48.8 Å². The molecule has 2 aromatic heterocycles. The van der Waals surface area contributed by atoms with Gasteiger partial charge in [-0.1, -0.05) is 29.5 Å². The monoisotopic (exact) mass is 439 g/mol. The van der Waals surface area contributed by atoms with Crippen molar-refractivity contribution in [3.05, 3.63) is 41.2 Å². The Morgan fingerprint density at radius 3 is 2.39 bits per heavy atom. The highest BCUT2D eigenvalue weighted by atomic mass is 32.2. The van der Waals surface area contributed by atoms with Gasteiger partial charge in [0.05, 0.1) is 28.0 Å². The van der Waals surface area contributed by atoms with Crippen LogP contribution in [0.5, 0.6) is 0 Å². The molecule has 1 fully saturated rings. The first-order valence-corrected chi connectivity index (χ1v) is 11.5. The summed E-state index contributed by atoms with van der Waals surface area (Å²) in [6.07, 6.45) is 2.32. The number of nitrogens with one attached hydrogen (secondary N) is 1. The number of benzene rings is 1. The Kier molecular flexibility index (Phi) is 6.04. The van der Waals surface area contributed by atoms with Gasteiger partial charge in [0.15, 0.2) is 5.16 Å². The number of thioether (sulfide) groups is 1. The molecule has 0 aliphatic carbocycles. The van der Waals surface area contributed by atoms with Crippen molar-refractivity contribution in [2.45, 2.75) is 50.9 Å². The van der Waals surface area contributed by atoms with Gasteiger partial charge < -0.3 is 10.2 Å². The van der Waals surface area contributed by atoms with Crippen molar-refractivity contribution in [1.29, 1.82) is 0 Å². The molecule has 0 bridgehead atoms. The third-order valence-corrected chi connectivity index (χ3v) is 6.75. The van der Waals surface area contributed by atoms with Gasteiger partial charge in [-0.3, -0.25) is 14.0 Å². The van der Waals surface area contributed by atoms with E-state index in [0.29, 0.717) is 5.16 Å². The number of amides is 1. The summed E-state index contributed by atoms with van der Waals surface area (Å²) in [5.74, 6) is 0.765. The molecule has 1 saturated heterocycles. The Hall–Kier alpha value is -2.81. The predicted octanol–water partition coefficient (Wildman–Crippen LogP) is 3.65. The smallest absolute Gasteiger partial charge is 0.237 e. The van der Waals surface area contributed by atoms with Gasteiger partial charge in [0.1, 0.15) is 0 Å². The van der Waals surface area contributed by atoms with Gasteiger partial charge in [0.2, 0.25) is 11.9 Å². The van der Waals surface area contributed by atoms with E-state index in [1.165, 1.54) is 17.3 Å². The molecule has 1 aliphatic rings. The number of carbonyl (C=O) groups is 1. The molecule has 1 aliphatic heterocycles. The maximum atomic E-state index is 12.9. The standard InChI is InChI=1S/C22H29N7OS/c1-14-8-10-18(11-9-14)29-21(28-12-6-7-13-28)24-25-22(29)31-17(4)20(30)23-19-15(2)26-27(5)16(19)3/h8-11,17H,6-7,12-13H2,1-5H3,(H,23,30)/t17-/m0/s1. The van der Waals surface area contributed by atoms with Crippen LogP contribution in [0.25, 0.3) is 5.69 Å². The lowest BCUT2D eigenvalue weighted by Crippen LogP contribution is -2.24. The van der Waals surface area contributed by atoms with E-state index in [4.69, 9.17) is 0 Å². The second kappa shape index (κ2) is 8.74. The molecule has 164 valence electrons. The van der Waals surface area contributed by atoms with Crippen molar-refractivity contribution in [3.8, 4) is 5.69 Å². The lowest BCUT2D eigenvalue weighted by atomic mass is 10.2. The normalized spacial score (nSPS) is 14.8. The molecule has 0 radical (unpaired) electrons. The number of aromatic nitrogens is 5. The largest absolute Gasteiger partial charge is 0.341 e. The summed E-state index contributed by atoms with van der Waals surface area (Å²) in [4.78, 5) is 15.2. The van der Waals surface area contributed by atoms with E-state index >= 15 is 0 Å². The Labute approximate surface area is 187 Å². The van der Waals surface area contributed by atoms with Gasteiger partial charge >= 0.3 is 0 Å². The molecular weight excluding hydrogens is 410 g/mol. The number of carbonyl (C=O) groups excluding carboxylic acids is 1. The molecule has 1 atom stereocenters. The predicted molar refractivity (Wildman–Crippen MR) is 124 cm³/mol. The SMILES string of the molecule is Cc1ccc(-n2c(S[C@@H](C)C(=O)Nc3c(C)nn(C)c3C)nnc2N2CCCC2)cc1. The van der Waals surface area contributed by atoms with E-state index in [1.807, 2.05) is 27.8 Å². The lowest BCUT2D eigenvalue weighted by molar-refractivity contribution is -0.115. The first-order valence-electron chi connectivity index (χ1n) is 10.6. The van der Waals surface area contributed by atoms with Crippen molar-refractivity contribution in [2.75, 3.05) is 23.3 Å². The van der Waals surface area contributed by atoms with Crippen molar-refractivity contribution < 1.29 is 4.79 Å². The quantitative estimate of drug-likeness (QED) is 0.591. The molecular formula is C22H29N7OS. The summed E-state index contributed by atoms with van der Waals surface area (Å²) in [5, 5.41) is 16.7. The number of aryl methyl sites for hydroxylation is 3. The first kappa shape index (κ1) is 21.4. The fraction of sp³-hybridized carbons (Fsp3) is 0.455. The van der Waals surface area contributed by atoms with Crippen LogP contribution in [-0.2, 0) is 11.8 Å². The van der Waals surface area contributed by atoms with Crippen LogP contribution >= 0.6 is 11.8 Å². The Morgan fingerprint density at radius 2 is 1.77 bits per heavy atom. The van der Waals surface area contributed by atoms with Crippen molar-refractivity contribution in [2.24, 2.45) is 7.05 Å². The molecule has 8 nitrogen and oxygen atoms in total. The van der Waals surface area contributed by atoms with Crippen LogP contribution in [0.15, 0.2) is 29.4 Å². The zero-order valence-corrected chi connectivity index (χ0v) is 19.5. The Balaban J connectivity index is 1.60. The van der Waals surface area contributed by atoms with Crippen LogP contribution in [0.4, 0.5) is 11.6 Å². The maximum Gasteiger partial charge on any atom is 0.237 e. The fourth-order valence-corrected chi connectivity index (χ4v) is 4.63. The van der Waals surface area contributed by atoms with Crippen molar-refractivity contribution in [3.63, 3.8) is 0 Å². The Bertz CT molecular complexity index is 1080. The zero-order chi connectivity index (χ0) is 22.1. The molecule has 1 N–H and O–H groups in total. The molecule has 31 heavy (non-hydrogen) atoms. The molecule has 0 spiro atoms. The number of hydrogen-bond donors (Lipinski definition) is 1. The zero-order valence-electron chi connectivity index (χ0n) is 18.7. The highest BCUT2D eigenvalue weighted by Gasteiger charge is 2.26. The van der Waals surface area contributed by atoms with Crippen molar-refractivity contribution in [1.82, 2.24) is 24.5 Å². The summed E-state index contributed by atoms with van der Waals surface area (Å²) in [6, 6.07) is 8.33. The average molecular weight is 440 g/mol. The minimum Gasteiger partial charge on any atom is -0.341 e. The minimum atomic E-state index is -0.348. The van der Waals surface area contributed by atoms with E-state index in [0.717, 1.165) is 54.6 Å². The molecule has 9 heteroatoms. The highest BCUT2D eigenvalue weighted by molar-refractivity contribution is 8.00. The van der Waals surface area contributed by atoms with Gasteiger partial charge in [-0.2, -0.15) is 5.10 Å². The average Bonchev–Trinajstić information content (AvgIpc) is 3.46. The van der Waals surface area contributed by atoms with Gasteiger partial charge in [0.25, 0.3) is 0 Å². The number of hydrogen-bond acceptors (Lipinski definition) is 6. The summed E-state index contributed by atoms with van der Waals surface area (Å²) in [5.41, 5.74) is 4.72. The summed E-state index contributed by atoms with van der Waals surface area (Å²) < 4.78 is 3.85. The van der Waals surface area contributed by atoms with E-state index in [-0.39, 0.29) is 11.2 Å². The highest BCUT2D eigenvalue weighted by Crippen LogP contribution is 2.31. The molecule has 0 saturated carbocycles. The third-order valence-electron chi connectivity index (χ3n) is 5.71. The molecule has 1 amide bonds. The maximum absolute atomic E-state index is 12.9. The second-order valence-electron chi connectivity index (χ2n) is 8.07. The lowest BCUT2D eigenvalue weighted by Gasteiger charge is -2.19. The Morgan fingerprint density at radius 1 is 1.10 bits per heavy atom. The molecule has 3 aromatic rings. The van der Waals surface area contributed by atoms with Crippen LogP contribution in [0, 0.1) is 20.8 Å². The number of rotatable bonds is 6. The first-order chi connectivity index (χ1) is 14.8. The van der Waals surface area contributed by atoms with E-state index in [9.17, 15) is 4.79 Å². The number of anilines is 2.